The van der Waals surface area contributed by atoms with Gasteiger partial charge in [0.15, 0.2) is 5.78 Å². The van der Waals surface area contributed by atoms with E-state index >= 15 is 0 Å². The molecule has 0 N–H and O–H groups in total. The molecule has 0 aliphatic rings. The first-order valence-electron chi connectivity index (χ1n) is 5.21. The number of benzene rings is 1. The minimum Gasteiger partial charge on any atom is -0.493 e. The van der Waals surface area contributed by atoms with E-state index in [-0.39, 0.29) is 5.78 Å². The SMILES string of the molecule is CCOc1ccc(Br)cc1C(=O)c1ccsc1. The van der Waals surface area contributed by atoms with Gasteiger partial charge in [0.2, 0.25) is 0 Å². The zero-order valence-electron chi connectivity index (χ0n) is 9.27. The molecule has 0 bridgehead atoms. The van der Waals surface area contributed by atoms with Gasteiger partial charge in [0, 0.05) is 15.4 Å². The smallest absolute Gasteiger partial charge is 0.197 e. The van der Waals surface area contributed by atoms with Crippen molar-refractivity contribution in [3.05, 3.63) is 50.6 Å². The Morgan fingerprint density at radius 1 is 1.41 bits per heavy atom. The lowest BCUT2D eigenvalue weighted by molar-refractivity contribution is 0.103. The van der Waals surface area contributed by atoms with E-state index in [0.717, 1.165) is 4.47 Å². The fourth-order valence-corrected chi connectivity index (χ4v) is 2.51. The van der Waals surface area contributed by atoms with Crippen LogP contribution in [0.3, 0.4) is 0 Å². The van der Waals surface area contributed by atoms with Crippen LogP contribution in [-0.2, 0) is 0 Å². The molecule has 0 saturated carbocycles. The van der Waals surface area contributed by atoms with Gasteiger partial charge in [-0.15, -0.1) is 0 Å². The molecule has 0 aliphatic carbocycles. The van der Waals surface area contributed by atoms with Crippen LogP contribution in [0.15, 0.2) is 39.5 Å². The van der Waals surface area contributed by atoms with Gasteiger partial charge in [0.25, 0.3) is 0 Å². The van der Waals surface area contributed by atoms with Crippen molar-refractivity contribution in [3.8, 4) is 5.75 Å². The predicted octanol–water partition coefficient (Wildman–Crippen LogP) is 4.14. The number of ether oxygens (including phenoxy) is 1. The molecule has 88 valence electrons. The zero-order valence-corrected chi connectivity index (χ0v) is 11.7. The number of carbonyl (C=O) groups excluding carboxylic acids is 1. The van der Waals surface area contributed by atoms with Gasteiger partial charge in [0.05, 0.1) is 12.2 Å². The minimum atomic E-state index is -0.00370. The molecule has 1 aromatic carbocycles. The number of thiophene rings is 1. The topological polar surface area (TPSA) is 26.3 Å². The van der Waals surface area contributed by atoms with Crippen LogP contribution < -0.4 is 4.74 Å². The molecule has 0 spiro atoms. The summed E-state index contributed by atoms with van der Waals surface area (Å²) in [5, 5.41) is 3.74. The van der Waals surface area contributed by atoms with Crippen LogP contribution in [0.4, 0.5) is 0 Å². The van der Waals surface area contributed by atoms with Gasteiger partial charge in [-0.1, -0.05) is 15.9 Å². The fourth-order valence-electron chi connectivity index (χ4n) is 1.51. The first kappa shape index (κ1) is 12.3. The number of carbonyl (C=O) groups is 1. The molecule has 0 fully saturated rings. The third-order valence-electron chi connectivity index (χ3n) is 2.27. The highest BCUT2D eigenvalue weighted by molar-refractivity contribution is 9.10. The third kappa shape index (κ3) is 2.76. The lowest BCUT2D eigenvalue weighted by atomic mass is 10.1. The second-order valence-electron chi connectivity index (χ2n) is 3.41. The second-order valence-corrected chi connectivity index (χ2v) is 5.11. The van der Waals surface area contributed by atoms with Gasteiger partial charge in [0.1, 0.15) is 5.75 Å². The Hall–Kier alpha value is -1.13. The van der Waals surface area contributed by atoms with Gasteiger partial charge in [-0.2, -0.15) is 11.3 Å². The molecule has 2 nitrogen and oxygen atoms in total. The third-order valence-corrected chi connectivity index (χ3v) is 3.45. The summed E-state index contributed by atoms with van der Waals surface area (Å²) in [6.07, 6.45) is 0. The number of hydrogen-bond acceptors (Lipinski definition) is 3. The van der Waals surface area contributed by atoms with Gasteiger partial charge >= 0.3 is 0 Å². The highest BCUT2D eigenvalue weighted by Gasteiger charge is 2.15. The largest absolute Gasteiger partial charge is 0.493 e. The number of rotatable bonds is 4. The lowest BCUT2D eigenvalue weighted by Gasteiger charge is -2.09. The molecule has 1 heterocycles. The molecule has 0 amide bonds. The summed E-state index contributed by atoms with van der Waals surface area (Å²) in [7, 11) is 0. The van der Waals surface area contributed by atoms with Crippen molar-refractivity contribution < 1.29 is 9.53 Å². The van der Waals surface area contributed by atoms with Gasteiger partial charge in [-0.25, -0.2) is 0 Å². The average molecular weight is 311 g/mol. The molecule has 4 heteroatoms. The second kappa shape index (κ2) is 5.47. The summed E-state index contributed by atoms with van der Waals surface area (Å²) in [4.78, 5) is 12.3. The maximum absolute atomic E-state index is 12.3. The molecule has 1 aromatic heterocycles. The summed E-state index contributed by atoms with van der Waals surface area (Å²) < 4.78 is 6.35. The molecule has 0 atom stereocenters. The van der Waals surface area contributed by atoms with Crippen LogP contribution in [0.25, 0.3) is 0 Å². The quantitative estimate of drug-likeness (QED) is 0.793. The number of halogens is 1. The van der Waals surface area contributed by atoms with Crippen molar-refractivity contribution in [3.63, 3.8) is 0 Å². The van der Waals surface area contributed by atoms with Crippen LogP contribution in [0.5, 0.6) is 5.75 Å². The Morgan fingerprint density at radius 3 is 2.88 bits per heavy atom. The molecule has 0 saturated heterocycles. The van der Waals surface area contributed by atoms with Crippen LogP contribution in [0.1, 0.15) is 22.8 Å². The summed E-state index contributed by atoms with van der Waals surface area (Å²) in [6, 6.07) is 7.30. The van der Waals surface area contributed by atoms with Crippen LogP contribution in [-0.4, -0.2) is 12.4 Å². The van der Waals surface area contributed by atoms with E-state index in [2.05, 4.69) is 15.9 Å². The normalized spacial score (nSPS) is 10.2. The van der Waals surface area contributed by atoms with Crippen molar-refractivity contribution in [1.29, 1.82) is 0 Å². The first-order chi connectivity index (χ1) is 8.22. The maximum Gasteiger partial charge on any atom is 0.197 e. The van der Waals surface area contributed by atoms with Crippen molar-refractivity contribution >= 4 is 33.0 Å². The van der Waals surface area contributed by atoms with E-state index in [1.807, 2.05) is 35.9 Å². The van der Waals surface area contributed by atoms with Crippen molar-refractivity contribution in [2.24, 2.45) is 0 Å². The molecule has 17 heavy (non-hydrogen) atoms. The van der Waals surface area contributed by atoms with E-state index in [1.165, 1.54) is 11.3 Å². The molecular formula is C13H11BrO2S. The summed E-state index contributed by atoms with van der Waals surface area (Å²) in [6.45, 7) is 2.45. The lowest BCUT2D eigenvalue weighted by Crippen LogP contribution is -2.04. The fraction of sp³-hybridized carbons (Fsp3) is 0.154. The Morgan fingerprint density at radius 2 is 2.24 bits per heavy atom. The standard InChI is InChI=1S/C13H11BrO2S/c1-2-16-12-4-3-10(14)7-11(12)13(15)9-5-6-17-8-9/h3-8H,2H2,1H3. The van der Waals surface area contributed by atoms with Gasteiger partial charge in [-0.05, 0) is 36.6 Å². The molecule has 0 aliphatic heterocycles. The molecule has 2 aromatic rings. The van der Waals surface area contributed by atoms with E-state index in [9.17, 15) is 4.79 Å². The van der Waals surface area contributed by atoms with Crippen molar-refractivity contribution in [1.82, 2.24) is 0 Å². The summed E-state index contributed by atoms with van der Waals surface area (Å²) in [5.74, 6) is 0.628. The predicted molar refractivity (Wildman–Crippen MR) is 73.1 cm³/mol. The Bertz CT molecular complexity index is 520. The van der Waals surface area contributed by atoms with Crippen LogP contribution >= 0.6 is 27.3 Å². The summed E-state index contributed by atoms with van der Waals surface area (Å²) >= 11 is 4.89. The van der Waals surface area contributed by atoms with Crippen LogP contribution in [0.2, 0.25) is 0 Å². The molecular weight excluding hydrogens is 300 g/mol. The van der Waals surface area contributed by atoms with E-state index in [1.54, 1.807) is 6.07 Å². The Balaban J connectivity index is 2.42. The monoisotopic (exact) mass is 310 g/mol. The molecule has 2 rings (SSSR count). The van der Waals surface area contributed by atoms with E-state index in [0.29, 0.717) is 23.5 Å². The van der Waals surface area contributed by atoms with E-state index in [4.69, 9.17) is 4.74 Å². The van der Waals surface area contributed by atoms with E-state index < -0.39 is 0 Å². The number of hydrogen-bond donors (Lipinski definition) is 0. The molecule has 0 unspecified atom stereocenters. The minimum absolute atomic E-state index is 0.00370. The number of ketones is 1. The summed E-state index contributed by atoms with van der Waals surface area (Å²) in [5.41, 5.74) is 1.30. The van der Waals surface area contributed by atoms with Crippen molar-refractivity contribution in [2.75, 3.05) is 6.61 Å². The first-order valence-corrected chi connectivity index (χ1v) is 6.95. The molecule has 0 radical (unpaired) electrons. The highest BCUT2D eigenvalue weighted by atomic mass is 79.9. The average Bonchev–Trinajstić information content (AvgIpc) is 2.84. The maximum atomic E-state index is 12.3. The Kier molecular flexibility index (Phi) is 3.97. The highest BCUT2D eigenvalue weighted by Crippen LogP contribution is 2.26. The van der Waals surface area contributed by atoms with Gasteiger partial charge in [-0.3, -0.25) is 4.79 Å². The van der Waals surface area contributed by atoms with Crippen molar-refractivity contribution in [2.45, 2.75) is 6.92 Å². The zero-order chi connectivity index (χ0) is 12.3. The Labute approximate surface area is 112 Å². The van der Waals surface area contributed by atoms with Gasteiger partial charge < -0.3 is 4.74 Å². The van der Waals surface area contributed by atoms with Crippen LogP contribution in [0, 0.1) is 0 Å².